The minimum absolute atomic E-state index is 0.0953. The number of para-hydroxylation sites is 1. The Labute approximate surface area is 187 Å². The Hall–Kier alpha value is -3.61. The van der Waals surface area contributed by atoms with E-state index in [0.29, 0.717) is 37.6 Å². The topological polar surface area (TPSA) is 84.7 Å². The zero-order chi connectivity index (χ0) is 22.3. The number of hydrogen-bond donors (Lipinski definition) is 1. The third kappa shape index (κ3) is 5.17. The highest BCUT2D eigenvalue weighted by Crippen LogP contribution is 2.30. The summed E-state index contributed by atoms with van der Waals surface area (Å²) in [5.41, 5.74) is 2.26. The summed E-state index contributed by atoms with van der Waals surface area (Å²) in [7, 11) is 0. The number of furan rings is 1. The number of rotatable bonds is 7. The average molecular weight is 434 g/mol. The van der Waals surface area contributed by atoms with Gasteiger partial charge < -0.3 is 19.4 Å². The summed E-state index contributed by atoms with van der Waals surface area (Å²) < 4.78 is 10.9. The molecule has 0 radical (unpaired) electrons. The van der Waals surface area contributed by atoms with E-state index in [4.69, 9.17) is 14.1 Å². The van der Waals surface area contributed by atoms with Crippen LogP contribution in [-0.4, -0.2) is 47.9 Å². The molecule has 1 aromatic carbocycles. The van der Waals surface area contributed by atoms with Crippen molar-refractivity contribution in [2.24, 2.45) is 0 Å². The number of piperidine rings is 1. The van der Waals surface area contributed by atoms with Gasteiger partial charge >= 0.3 is 0 Å². The fourth-order valence-electron chi connectivity index (χ4n) is 3.94. The first-order chi connectivity index (χ1) is 15.6. The van der Waals surface area contributed by atoms with Crippen molar-refractivity contribution in [3.05, 3.63) is 83.6 Å². The summed E-state index contributed by atoms with van der Waals surface area (Å²) in [6.07, 6.45) is 3.01. The first-order valence-corrected chi connectivity index (χ1v) is 10.9. The summed E-state index contributed by atoms with van der Waals surface area (Å²) in [4.78, 5) is 31.9. The maximum Gasteiger partial charge on any atom is 0.289 e. The van der Waals surface area contributed by atoms with Gasteiger partial charge in [0.2, 0.25) is 0 Å². The van der Waals surface area contributed by atoms with E-state index in [-0.39, 0.29) is 17.7 Å². The standard InChI is InChI=1S/C25H27N3O4/c1-18-9-10-21(24(29)26-13-17-31-20-6-3-2-4-7-20)23(27-18)19-11-14-28(15-12-19)25(30)22-8-5-16-32-22/h2-10,16,19H,11-15,17H2,1H3,(H,26,29). The third-order valence-electron chi connectivity index (χ3n) is 5.61. The van der Waals surface area contributed by atoms with Crippen molar-refractivity contribution in [1.82, 2.24) is 15.2 Å². The van der Waals surface area contributed by atoms with E-state index in [1.54, 1.807) is 17.0 Å². The Balaban J connectivity index is 1.35. The molecule has 0 saturated carbocycles. The van der Waals surface area contributed by atoms with Crippen LogP contribution in [-0.2, 0) is 0 Å². The minimum atomic E-state index is -0.154. The van der Waals surface area contributed by atoms with E-state index in [2.05, 4.69) is 5.32 Å². The van der Waals surface area contributed by atoms with Gasteiger partial charge in [0.15, 0.2) is 5.76 Å². The smallest absolute Gasteiger partial charge is 0.289 e. The van der Waals surface area contributed by atoms with Crippen LogP contribution in [0.4, 0.5) is 0 Å². The van der Waals surface area contributed by atoms with E-state index in [1.165, 1.54) is 6.26 Å². The molecule has 1 N–H and O–H groups in total. The molecule has 4 rings (SSSR count). The van der Waals surface area contributed by atoms with Crippen molar-refractivity contribution >= 4 is 11.8 Å². The molecule has 7 nitrogen and oxygen atoms in total. The van der Waals surface area contributed by atoms with E-state index >= 15 is 0 Å². The van der Waals surface area contributed by atoms with Gasteiger partial charge in [-0.1, -0.05) is 18.2 Å². The fraction of sp³-hybridized carbons (Fsp3) is 0.320. The second-order valence-electron chi connectivity index (χ2n) is 7.85. The Kier molecular flexibility index (Phi) is 6.84. The quantitative estimate of drug-likeness (QED) is 0.573. The number of pyridine rings is 1. The number of likely N-dealkylation sites (tertiary alicyclic amines) is 1. The second kappa shape index (κ2) is 10.1. The lowest BCUT2D eigenvalue weighted by Crippen LogP contribution is -2.38. The van der Waals surface area contributed by atoms with E-state index in [1.807, 2.05) is 49.4 Å². The van der Waals surface area contributed by atoms with Gasteiger partial charge in [0, 0.05) is 24.7 Å². The Morgan fingerprint density at radius 1 is 1.09 bits per heavy atom. The molecule has 32 heavy (non-hydrogen) atoms. The molecule has 1 fully saturated rings. The molecule has 0 unspecified atom stereocenters. The van der Waals surface area contributed by atoms with Crippen LogP contribution in [0.3, 0.4) is 0 Å². The van der Waals surface area contributed by atoms with Crippen LogP contribution < -0.4 is 10.1 Å². The number of hydrogen-bond acceptors (Lipinski definition) is 5. The number of benzene rings is 1. The molecule has 2 aromatic heterocycles. The van der Waals surface area contributed by atoms with Crippen molar-refractivity contribution in [2.45, 2.75) is 25.7 Å². The average Bonchev–Trinajstić information content (AvgIpc) is 3.37. The molecule has 0 spiro atoms. The van der Waals surface area contributed by atoms with E-state index in [0.717, 1.165) is 30.0 Å². The molecule has 1 saturated heterocycles. The number of carbonyl (C=O) groups is 2. The molecule has 1 aliphatic rings. The largest absolute Gasteiger partial charge is 0.492 e. The summed E-state index contributed by atoms with van der Waals surface area (Å²) >= 11 is 0. The van der Waals surface area contributed by atoms with Crippen LogP contribution in [0.15, 0.2) is 65.3 Å². The first-order valence-electron chi connectivity index (χ1n) is 10.9. The van der Waals surface area contributed by atoms with Crippen LogP contribution >= 0.6 is 0 Å². The lowest BCUT2D eigenvalue weighted by molar-refractivity contribution is 0.0678. The van der Waals surface area contributed by atoms with Crippen LogP contribution in [0.2, 0.25) is 0 Å². The van der Waals surface area contributed by atoms with Gasteiger partial charge in [0.05, 0.1) is 24.1 Å². The van der Waals surface area contributed by atoms with Gasteiger partial charge in [0.1, 0.15) is 12.4 Å². The molecule has 166 valence electrons. The van der Waals surface area contributed by atoms with Crippen molar-refractivity contribution < 1.29 is 18.7 Å². The number of amides is 2. The van der Waals surface area contributed by atoms with Gasteiger partial charge in [0.25, 0.3) is 11.8 Å². The summed E-state index contributed by atoms with van der Waals surface area (Å²) in [5.74, 6) is 1.00. The number of carbonyl (C=O) groups excluding carboxylic acids is 2. The van der Waals surface area contributed by atoms with Gasteiger partial charge in [-0.2, -0.15) is 0 Å². The predicted octanol–water partition coefficient (Wildman–Crippen LogP) is 3.81. The van der Waals surface area contributed by atoms with Gasteiger partial charge in [-0.25, -0.2) is 0 Å². The highest BCUT2D eigenvalue weighted by atomic mass is 16.5. The Bertz CT molecular complexity index is 1040. The molecule has 3 aromatic rings. The number of nitrogens with one attached hydrogen (secondary N) is 1. The predicted molar refractivity (Wildman–Crippen MR) is 120 cm³/mol. The number of ether oxygens (including phenoxy) is 1. The highest BCUT2D eigenvalue weighted by molar-refractivity contribution is 5.95. The zero-order valence-corrected chi connectivity index (χ0v) is 18.1. The molecular formula is C25H27N3O4. The van der Waals surface area contributed by atoms with Gasteiger partial charge in [-0.05, 0) is 56.2 Å². The third-order valence-corrected chi connectivity index (χ3v) is 5.61. The fourth-order valence-corrected chi connectivity index (χ4v) is 3.94. The van der Waals surface area contributed by atoms with Crippen molar-refractivity contribution in [2.75, 3.05) is 26.2 Å². The maximum absolute atomic E-state index is 12.9. The molecule has 2 amide bonds. The molecule has 0 bridgehead atoms. The maximum atomic E-state index is 12.9. The second-order valence-corrected chi connectivity index (χ2v) is 7.85. The summed E-state index contributed by atoms with van der Waals surface area (Å²) in [6, 6.07) is 16.6. The van der Waals surface area contributed by atoms with Crippen LogP contribution in [0, 0.1) is 6.92 Å². The number of nitrogens with zero attached hydrogens (tertiary/aromatic N) is 2. The van der Waals surface area contributed by atoms with E-state index in [9.17, 15) is 9.59 Å². The molecule has 3 heterocycles. The lowest BCUT2D eigenvalue weighted by Gasteiger charge is -2.32. The molecule has 0 atom stereocenters. The van der Waals surface area contributed by atoms with Gasteiger partial charge in [-0.15, -0.1) is 0 Å². The van der Waals surface area contributed by atoms with Crippen LogP contribution in [0.1, 0.15) is 51.1 Å². The molecule has 0 aliphatic carbocycles. The minimum Gasteiger partial charge on any atom is -0.492 e. The van der Waals surface area contributed by atoms with Crippen LogP contribution in [0.5, 0.6) is 5.75 Å². The summed E-state index contributed by atoms with van der Waals surface area (Å²) in [5, 5.41) is 2.93. The van der Waals surface area contributed by atoms with Crippen molar-refractivity contribution in [3.63, 3.8) is 0 Å². The Morgan fingerprint density at radius 3 is 2.59 bits per heavy atom. The molecular weight excluding hydrogens is 406 g/mol. The molecule has 1 aliphatic heterocycles. The Morgan fingerprint density at radius 2 is 1.88 bits per heavy atom. The molecule has 7 heteroatoms. The SMILES string of the molecule is Cc1ccc(C(=O)NCCOc2ccccc2)c(C2CCN(C(=O)c3ccco3)CC2)n1. The van der Waals surface area contributed by atoms with Crippen molar-refractivity contribution in [1.29, 1.82) is 0 Å². The first kappa shape index (κ1) is 21.6. The summed E-state index contributed by atoms with van der Waals surface area (Å²) in [6.45, 7) is 3.92. The monoisotopic (exact) mass is 433 g/mol. The highest BCUT2D eigenvalue weighted by Gasteiger charge is 2.29. The van der Waals surface area contributed by atoms with Crippen molar-refractivity contribution in [3.8, 4) is 5.75 Å². The normalized spacial score (nSPS) is 14.2. The van der Waals surface area contributed by atoms with E-state index < -0.39 is 0 Å². The lowest BCUT2D eigenvalue weighted by atomic mass is 9.89. The zero-order valence-electron chi connectivity index (χ0n) is 18.1. The van der Waals surface area contributed by atoms with Crippen LogP contribution in [0.25, 0.3) is 0 Å². The van der Waals surface area contributed by atoms with Gasteiger partial charge in [-0.3, -0.25) is 14.6 Å². The number of aromatic nitrogens is 1. The number of aryl methyl sites for hydroxylation is 1.